The lowest BCUT2D eigenvalue weighted by molar-refractivity contribution is -0.384. The number of nitrogens with zero attached hydrogens (tertiary/aromatic N) is 8. The number of benzene rings is 7. The molecule has 0 spiro atoms. The number of halogens is 2. The van der Waals surface area contributed by atoms with Crippen molar-refractivity contribution in [3.8, 4) is 22.8 Å². The molecule has 27 heteroatoms. The average Bonchev–Trinajstić information content (AvgIpc) is 1.14. The second kappa shape index (κ2) is 38.3. The molecule has 22 nitrogen and oxygen atoms in total. The van der Waals surface area contributed by atoms with E-state index in [2.05, 4.69) is 68.3 Å². The number of amides is 2. The highest BCUT2D eigenvalue weighted by atomic mass is 35.5. The molecular formula is C77H80ClFN10O12S3. The number of methoxy groups -OCH3 is 2. The number of aromatic nitrogens is 5. The van der Waals surface area contributed by atoms with Gasteiger partial charge in [-0.25, -0.2) is 27.6 Å². The standard InChI is InChI=1S/C26H29FN6OS2.C26H26N2O5.C25H25ClN2O6S/c1-4-22(32(3)5-2)24-30-31-26(33(24)15-18-9-7-6-8-10-18)36-17-23(34)29-25-28-21(16-35-25)19-11-13-20(27)14-12-19;1-32-14-13-27-23(30)16-33-26(31)24-20-6-2-3-8-22(20)28-25-18(5-4-7-21(24)25)15-17-9-11-19(29)12-10-17;1-34-22-13-11-20(12-14-22)27(18-21(29)10-6-5-9-19-7-3-2-4-8-19)35(32,33)23-15-16-24(26)25(17-23)28(30)31/h6-14,16,22H,4-5,15,17H2,1-3H3,(H,28,29,34);2-3,6,8-12,15,29H,4-5,7,13-14,16H2,1H3,(H,27,30);2-4,7-8,11-17H,5-6,9-10,18H2,1H3/b;18-15+;. The number of nitro benzene ring substituents is 1. The number of carbonyl (C=O) groups is 4. The molecule has 10 aromatic rings. The maximum Gasteiger partial charge on any atom is 0.339 e. The molecule has 0 fully saturated rings. The molecule has 104 heavy (non-hydrogen) atoms. The van der Waals surface area contributed by atoms with Crippen LogP contribution in [0.2, 0.25) is 5.02 Å². The summed E-state index contributed by atoms with van der Waals surface area (Å²) in [6.07, 6.45) is 7.76. The Balaban J connectivity index is 0.000000181. The number of hydrogen-bond donors (Lipinski definition) is 3. The van der Waals surface area contributed by atoms with Crippen LogP contribution in [-0.4, -0.2) is 132 Å². The van der Waals surface area contributed by atoms with Crippen LogP contribution in [0.4, 0.5) is 20.9 Å². The van der Waals surface area contributed by atoms with Gasteiger partial charge in [-0.15, -0.1) is 21.5 Å². The minimum atomic E-state index is -4.31. The van der Waals surface area contributed by atoms with Crippen LogP contribution in [0.1, 0.15) is 103 Å². The monoisotopic (exact) mass is 1490 g/mol. The number of phenolic OH excluding ortho intramolecular Hbond substituents is 1. The van der Waals surface area contributed by atoms with Crippen molar-refractivity contribution in [3.63, 3.8) is 0 Å². The summed E-state index contributed by atoms with van der Waals surface area (Å²) in [6.45, 7) is 5.78. The number of thioether (sulfide) groups is 1. The van der Waals surface area contributed by atoms with Crippen molar-refractivity contribution in [1.29, 1.82) is 0 Å². The summed E-state index contributed by atoms with van der Waals surface area (Å²) < 4.78 is 58.7. The highest BCUT2D eigenvalue weighted by molar-refractivity contribution is 7.99. The van der Waals surface area contributed by atoms with Gasteiger partial charge in [0.1, 0.15) is 22.3 Å². The van der Waals surface area contributed by atoms with Crippen molar-refractivity contribution in [2.75, 3.05) is 69.5 Å². The minimum absolute atomic E-state index is 0.134. The fourth-order valence-electron chi connectivity index (χ4n) is 11.4. The Morgan fingerprint density at radius 1 is 0.846 bits per heavy atom. The summed E-state index contributed by atoms with van der Waals surface area (Å²) in [4.78, 5) is 72.5. The molecule has 0 bridgehead atoms. The first kappa shape index (κ1) is 77.9. The number of rotatable bonds is 30. The summed E-state index contributed by atoms with van der Waals surface area (Å²) in [5.41, 5.74) is 8.29. The summed E-state index contributed by atoms with van der Waals surface area (Å²) in [5, 5.41) is 38.9. The highest BCUT2D eigenvalue weighted by Crippen LogP contribution is 2.38. The van der Waals surface area contributed by atoms with E-state index in [4.69, 9.17) is 30.8 Å². The van der Waals surface area contributed by atoms with Gasteiger partial charge in [0, 0.05) is 42.5 Å². The fraction of sp³-hybridized carbons (Fsp3) is 0.273. The number of Topliss-reactive ketones (excluding diaryl/α,β-unsaturated/α-hetero) is 1. The molecule has 1 atom stereocenters. The van der Waals surface area contributed by atoms with Crippen LogP contribution in [0.15, 0.2) is 191 Å². The molecule has 7 aromatic carbocycles. The summed E-state index contributed by atoms with van der Waals surface area (Å²) >= 11 is 8.55. The number of ketones is 1. The number of aryl methyl sites for hydroxylation is 1. The van der Waals surface area contributed by atoms with Crippen molar-refractivity contribution in [3.05, 3.63) is 242 Å². The number of nitro groups is 1. The van der Waals surface area contributed by atoms with Crippen LogP contribution in [0.25, 0.3) is 33.8 Å². The third kappa shape index (κ3) is 21.5. The van der Waals surface area contributed by atoms with E-state index in [0.29, 0.717) is 70.7 Å². The number of fused-ring (bicyclic) bond motifs is 2. The number of nitrogens with one attached hydrogen (secondary N) is 2. The number of ether oxygens (including phenoxy) is 3. The highest BCUT2D eigenvalue weighted by Gasteiger charge is 2.31. The molecular weight excluding hydrogens is 1410 g/mol. The third-order valence-corrected chi connectivity index (χ3v) is 20.6. The number of unbranched alkanes of at least 4 members (excludes halogenated alkanes) is 1. The Bertz CT molecular complexity index is 4710. The molecule has 11 rings (SSSR count). The van der Waals surface area contributed by atoms with E-state index in [1.807, 2.05) is 96.4 Å². The number of sulfonamides is 1. The van der Waals surface area contributed by atoms with Gasteiger partial charge in [0.05, 0.1) is 76.6 Å². The fourth-order valence-corrected chi connectivity index (χ4v) is 14.5. The number of phenols is 1. The summed E-state index contributed by atoms with van der Waals surface area (Å²) in [7, 11) is 0.812. The van der Waals surface area contributed by atoms with Gasteiger partial charge in [0.15, 0.2) is 28.5 Å². The van der Waals surface area contributed by atoms with E-state index >= 15 is 0 Å². The van der Waals surface area contributed by atoms with Gasteiger partial charge >= 0.3 is 5.97 Å². The Labute approximate surface area is 616 Å². The van der Waals surface area contributed by atoms with Crippen molar-refractivity contribution >= 4 is 107 Å². The van der Waals surface area contributed by atoms with Crippen LogP contribution in [0.5, 0.6) is 11.5 Å². The van der Waals surface area contributed by atoms with Gasteiger partial charge < -0.3 is 34.5 Å². The second-order valence-corrected chi connectivity index (χ2v) is 28.0. The molecule has 3 N–H and O–H groups in total. The number of carbonyl (C=O) groups excluding carboxylic acids is 4. The Morgan fingerprint density at radius 2 is 1.55 bits per heavy atom. The average molecular weight is 1490 g/mol. The Hall–Kier alpha value is -10.2. The molecule has 3 heterocycles. The van der Waals surface area contributed by atoms with Crippen molar-refractivity contribution in [2.24, 2.45) is 0 Å². The first-order valence-corrected chi connectivity index (χ1v) is 37.3. The van der Waals surface area contributed by atoms with E-state index < -0.39 is 33.1 Å². The lowest BCUT2D eigenvalue weighted by atomic mass is 9.86. The second-order valence-electron chi connectivity index (χ2n) is 24.0. The molecule has 0 saturated carbocycles. The van der Waals surface area contributed by atoms with Gasteiger partial charge in [-0.2, -0.15) is 0 Å². The van der Waals surface area contributed by atoms with Crippen molar-refractivity contribution < 1.29 is 56.2 Å². The third-order valence-electron chi connectivity index (χ3n) is 16.8. The van der Waals surface area contributed by atoms with Crippen LogP contribution in [0.3, 0.4) is 0 Å². The zero-order valence-corrected chi connectivity index (χ0v) is 61.3. The number of esters is 1. The molecule has 1 unspecified atom stereocenters. The lowest BCUT2D eigenvalue weighted by Gasteiger charge is -2.25. The SMILES string of the molecule is CCC(c1nnc(SCC(=O)Nc2nc(-c3ccc(F)cc3)cs2)n1Cc1ccccc1)N(C)CC.COCCNC(=O)COC(=O)c1c2c(nc3ccccc13)/C(=C/c1ccc(O)cc1)CCC2.COc1ccc(N(CC(=O)CCCCc2ccccc2)S(=O)(=O)c2ccc(Cl)c([N+](=O)[O-])c2)cc1. The minimum Gasteiger partial charge on any atom is -0.508 e. The van der Waals surface area contributed by atoms with Crippen molar-refractivity contribution in [2.45, 2.75) is 87.9 Å². The van der Waals surface area contributed by atoms with Crippen LogP contribution >= 0.6 is 34.7 Å². The zero-order valence-electron chi connectivity index (χ0n) is 58.1. The van der Waals surface area contributed by atoms with Gasteiger partial charge in [0.2, 0.25) is 5.91 Å². The molecule has 0 aliphatic heterocycles. The molecule has 542 valence electrons. The van der Waals surface area contributed by atoms with E-state index in [1.165, 1.54) is 66.1 Å². The first-order valence-electron chi connectivity index (χ1n) is 33.6. The first-order chi connectivity index (χ1) is 50.3. The Kier molecular flexibility index (Phi) is 28.7. The summed E-state index contributed by atoms with van der Waals surface area (Å²) in [6, 6.07) is 50.2. The largest absolute Gasteiger partial charge is 0.508 e. The predicted molar refractivity (Wildman–Crippen MR) is 404 cm³/mol. The predicted octanol–water partition coefficient (Wildman–Crippen LogP) is 14.9. The maximum atomic E-state index is 13.5. The maximum absolute atomic E-state index is 13.5. The number of thiazole rings is 1. The normalized spacial score (nSPS) is 12.4. The van der Waals surface area contributed by atoms with Crippen LogP contribution in [0, 0.1) is 15.9 Å². The van der Waals surface area contributed by atoms with Gasteiger partial charge in [-0.1, -0.05) is 128 Å². The smallest absolute Gasteiger partial charge is 0.339 e. The van der Waals surface area contributed by atoms with Gasteiger partial charge in [-0.3, -0.25) is 33.7 Å². The number of anilines is 2. The van der Waals surface area contributed by atoms with Crippen LogP contribution in [-0.2, 0) is 53.3 Å². The van der Waals surface area contributed by atoms with E-state index in [-0.39, 0.29) is 69.6 Å². The molecule has 2 amide bonds. The van der Waals surface area contributed by atoms with Crippen molar-refractivity contribution in [1.82, 2.24) is 34.9 Å². The number of allylic oxidation sites excluding steroid dienone is 1. The lowest BCUT2D eigenvalue weighted by Crippen LogP contribution is -2.35. The molecule has 0 saturated heterocycles. The molecule has 1 aliphatic rings. The zero-order chi connectivity index (χ0) is 74.1. The van der Waals surface area contributed by atoms with Crippen LogP contribution < -0.4 is 19.7 Å². The van der Waals surface area contributed by atoms with E-state index in [9.17, 15) is 47.2 Å². The Morgan fingerprint density at radius 3 is 2.23 bits per heavy atom. The number of para-hydroxylation sites is 1. The summed E-state index contributed by atoms with van der Waals surface area (Å²) in [5.74, 6) is 0.167. The van der Waals surface area contributed by atoms with Gasteiger partial charge in [0.25, 0.3) is 21.6 Å². The molecule has 3 aromatic heterocycles. The van der Waals surface area contributed by atoms with E-state index in [1.54, 1.807) is 43.5 Å². The molecule has 0 radical (unpaired) electrons. The topological polar surface area (TPSA) is 281 Å². The van der Waals surface area contributed by atoms with E-state index in [0.717, 1.165) is 94.4 Å². The molecule has 1 aliphatic carbocycles. The number of hydrogen-bond acceptors (Lipinski definition) is 19. The quantitative estimate of drug-likeness (QED) is 0.0124. The number of pyridine rings is 1. The number of aromatic hydroxyl groups is 1. The van der Waals surface area contributed by atoms with Gasteiger partial charge in [-0.05, 0) is 171 Å².